The Kier molecular flexibility index (Phi) is 5.08. The number of rotatable bonds is 4. The number of pyridine rings is 1. The minimum Gasteiger partial charge on any atom is -0.508 e. The maximum Gasteiger partial charge on any atom is 0.416 e. The van der Waals surface area contributed by atoms with Gasteiger partial charge in [0.05, 0.1) is 11.3 Å². The lowest BCUT2D eigenvalue weighted by molar-refractivity contribution is -0.137. The molecule has 0 unspecified atom stereocenters. The van der Waals surface area contributed by atoms with Crippen molar-refractivity contribution in [1.29, 1.82) is 0 Å². The Balaban J connectivity index is 1.79. The van der Waals surface area contributed by atoms with Crippen molar-refractivity contribution in [3.05, 3.63) is 82.2 Å². The summed E-state index contributed by atoms with van der Waals surface area (Å²) in [5, 5.41) is 20.9. The third kappa shape index (κ3) is 3.64. The first kappa shape index (κ1) is 21.3. The topological polar surface area (TPSA) is 89.1 Å². The molecule has 0 aliphatic rings. The van der Waals surface area contributed by atoms with Gasteiger partial charge in [-0.25, -0.2) is 0 Å². The van der Waals surface area contributed by atoms with E-state index >= 15 is 0 Å². The Morgan fingerprint density at radius 2 is 1.69 bits per heavy atom. The van der Waals surface area contributed by atoms with E-state index in [2.05, 4.69) is 16.5 Å². The van der Waals surface area contributed by atoms with Crippen molar-refractivity contribution >= 4 is 16.7 Å². The molecule has 0 fully saturated rings. The highest BCUT2D eigenvalue weighted by molar-refractivity contribution is 5.90. The van der Waals surface area contributed by atoms with Crippen LogP contribution < -0.4 is 5.56 Å². The Morgan fingerprint density at radius 3 is 2.28 bits per heavy atom. The number of H-pyrrole nitrogens is 2. The molecule has 32 heavy (non-hydrogen) atoms. The van der Waals surface area contributed by atoms with Gasteiger partial charge in [0.2, 0.25) is 0 Å². The summed E-state index contributed by atoms with van der Waals surface area (Å²) in [4.78, 5) is 18.3. The number of aromatic hydroxyl groups is 1. The molecule has 164 valence electrons. The van der Waals surface area contributed by atoms with Crippen LogP contribution in [-0.4, -0.2) is 20.2 Å². The number of nitrogens with one attached hydrogen (secondary N) is 2. The van der Waals surface area contributed by atoms with Gasteiger partial charge < -0.3 is 20.2 Å². The van der Waals surface area contributed by atoms with Crippen LogP contribution in [-0.2, 0) is 12.6 Å². The van der Waals surface area contributed by atoms with Crippen molar-refractivity contribution in [2.75, 3.05) is 0 Å². The molecular formula is C24H19F3N2O3. The molecule has 4 N–H and O–H groups in total. The van der Waals surface area contributed by atoms with E-state index in [-0.39, 0.29) is 11.3 Å². The van der Waals surface area contributed by atoms with Crippen LogP contribution >= 0.6 is 0 Å². The number of aliphatic hydroxyl groups is 1. The molecule has 0 saturated carbocycles. The average molecular weight is 440 g/mol. The third-order valence-electron chi connectivity index (χ3n) is 5.36. The number of halogens is 3. The van der Waals surface area contributed by atoms with Crippen molar-refractivity contribution in [3.8, 4) is 28.3 Å². The van der Waals surface area contributed by atoms with Crippen LogP contribution in [0.1, 0.15) is 23.6 Å². The normalized spacial score (nSPS) is 11.8. The van der Waals surface area contributed by atoms with E-state index in [0.29, 0.717) is 34.5 Å². The zero-order valence-electron chi connectivity index (χ0n) is 17.0. The summed E-state index contributed by atoms with van der Waals surface area (Å²) in [6.45, 7) is 5.13. The molecule has 2 aromatic carbocycles. The maximum absolute atomic E-state index is 12.8. The van der Waals surface area contributed by atoms with Gasteiger partial charge in [0, 0.05) is 22.2 Å². The SMILES string of the molecule is C=C(O)c1c(O)c(CC)c(-c2ccc3[nH]c(-c4ccc(C(F)(F)F)cc4)cc3c2)[nH]c1=O. The fourth-order valence-corrected chi connectivity index (χ4v) is 3.77. The van der Waals surface area contributed by atoms with E-state index in [4.69, 9.17) is 0 Å². The summed E-state index contributed by atoms with van der Waals surface area (Å²) in [7, 11) is 0. The van der Waals surface area contributed by atoms with Gasteiger partial charge in [-0.2, -0.15) is 13.2 Å². The summed E-state index contributed by atoms with van der Waals surface area (Å²) >= 11 is 0. The molecule has 4 aromatic rings. The van der Waals surface area contributed by atoms with Crippen molar-refractivity contribution in [2.45, 2.75) is 19.5 Å². The molecule has 4 rings (SSSR count). The summed E-state index contributed by atoms with van der Waals surface area (Å²) in [6.07, 6.45) is -4.01. The largest absolute Gasteiger partial charge is 0.508 e. The molecule has 8 heteroatoms. The van der Waals surface area contributed by atoms with Gasteiger partial charge in [-0.1, -0.05) is 31.7 Å². The number of aromatic nitrogens is 2. The molecule has 5 nitrogen and oxygen atoms in total. The second kappa shape index (κ2) is 7.64. The van der Waals surface area contributed by atoms with E-state index in [1.807, 2.05) is 0 Å². The maximum atomic E-state index is 12.8. The van der Waals surface area contributed by atoms with Crippen LogP contribution in [0.15, 0.2) is 59.9 Å². The fourth-order valence-electron chi connectivity index (χ4n) is 3.77. The number of benzene rings is 2. The van der Waals surface area contributed by atoms with Crippen molar-refractivity contribution < 1.29 is 23.4 Å². The number of fused-ring (bicyclic) bond motifs is 1. The fraction of sp³-hybridized carbons (Fsp3) is 0.125. The molecule has 0 atom stereocenters. The number of aliphatic hydroxyl groups excluding tert-OH is 1. The Hall–Kier alpha value is -3.94. The standard InChI is InChI=1S/C24H19F3N2O3/c1-3-17-21(29-23(32)20(12(2)30)22(17)31)14-6-9-18-15(10-14)11-19(28-18)13-4-7-16(8-5-13)24(25,26)27/h4-11,28,30H,2-3H2,1H3,(H2,29,31,32). The quantitative estimate of drug-likeness (QED) is 0.293. The lowest BCUT2D eigenvalue weighted by atomic mass is 9.99. The Labute approximate surface area is 180 Å². The lowest BCUT2D eigenvalue weighted by Gasteiger charge is -2.13. The summed E-state index contributed by atoms with van der Waals surface area (Å²) in [6, 6.07) is 12.0. The number of aromatic amines is 2. The highest BCUT2D eigenvalue weighted by atomic mass is 19.4. The van der Waals surface area contributed by atoms with Crippen LogP contribution in [0.3, 0.4) is 0 Å². The Bertz CT molecular complexity index is 1400. The number of alkyl halides is 3. The van der Waals surface area contributed by atoms with Gasteiger partial charge in [-0.3, -0.25) is 4.79 Å². The van der Waals surface area contributed by atoms with Crippen LogP contribution in [0, 0.1) is 0 Å². The molecule has 0 saturated heterocycles. The Morgan fingerprint density at radius 1 is 1.03 bits per heavy atom. The highest BCUT2D eigenvalue weighted by Gasteiger charge is 2.30. The molecule has 0 radical (unpaired) electrons. The highest BCUT2D eigenvalue weighted by Crippen LogP contribution is 2.35. The van der Waals surface area contributed by atoms with Crippen LogP contribution in [0.5, 0.6) is 5.75 Å². The van der Waals surface area contributed by atoms with Gasteiger partial charge in [0.15, 0.2) is 0 Å². The summed E-state index contributed by atoms with van der Waals surface area (Å²) < 4.78 is 38.4. The molecule has 0 bridgehead atoms. The monoisotopic (exact) mass is 440 g/mol. The van der Waals surface area contributed by atoms with Gasteiger partial charge in [-0.15, -0.1) is 0 Å². The lowest BCUT2D eigenvalue weighted by Crippen LogP contribution is -2.15. The van der Waals surface area contributed by atoms with Crippen molar-refractivity contribution in [2.24, 2.45) is 0 Å². The summed E-state index contributed by atoms with van der Waals surface area (Å²) in [5.41, 5.74) is 1.85. The molecule has 0 aliphatic carbocycles. The predicted octanol–water partition coefficient (Wildman–Crippen LogP) is 6.01. The third-order valence-corrected chi connectivity index (χ3v) is 5.36. The zero-order chi connectivity index (χ0) is 23.2. The van der Waals surface area contributed by atoms with Crippen LogP contribution in [0.25, 0.3) is 39.2 Å². The summed E-state index contributed by atoms with van der Waals surface area (Å²) in [5.74, 6) is -0.842. The second-order valence-corrected chi connectivity index (χ2v) is 7.39. The molecule has 0 amide bonds. The zero-order valence-corrected chi connectivity index (χ0v) is 17.0. The molecule has 2 aromatic heterocycles. The van der Waals surface area contributed by atoms with E-state index in [1.165, 1.54) is 12.1 Å². The minimum absolute atomic E-state index is 0.266. The molecule has 2 heterocycles. The first-order valence-electron chi connectivity index (χ1n) is 9.77. The van der Waals surface area contributed by atoms with Crippen molar-refractivity contribution in [3.63, 3.8) is 0 Å². The second-order valence-electron chi connectivity index (χ2n) is 7.39. The van der Waals surface area contributed by atoms with Crippen molar-refractivity contribution in [1.82, 2.24) is 9.97 Å². The molecule has 0 spiro atoms. The van der Waals surface area contributed by atoms with E-state index in [0.717, 1.165) is 23.0 Å². The average Bonchev–Trinajstić information content (AvgIpc) is 3.16. The van der Waals surface area contributed by atoms with Crippen LogP contribution in [0.4, 0.5) is 13.2 Å². The number of hydrogen-bond donors (Lipinski definition) is 4. The predicted molar refractivity (Wildman–Crippen MR) is 117 cm³/mol. The first-order valence-corrected chi connectivity index (χ1v) is 9.77. The van der Waals surface area contributed by atoms with Crippen LogP contribution in [0.2, 0.25) is 0 Å². The van der Waals surface area contributed by atoms with E-state index in [9.17, 15) is 28.2 Å². The van der Waals surface area contributed by atoms with E-state index in [1.54, 1.807) is 31.2 Å². The van der Waals surface area contributed by atoms with Gasteiger partial charge in [0.1, 0.15) is 17.1 Å². The van der Waals surface area contributed by atoms with Gasteiger partial charge >= 0.3 is 6.18 Å². The van der Waals surface area contributed by atoms with Gasteiger partial charge in [0.25, 0.3) is 5.56 Å². The molecular weight excluding hydrogens is 421 g/mol. The van der Waals surface area contributed by atoms with Gasteiger partial charge in [-0.05, 0) is 47.9 Å². The minimum atomic E-state index is -4.40. The smallest absolute Gasteiger partial charge is 0.416 e. The first-order chi connectivity index (χ1) is 15.1. The van der Waals surface area contributed by atoms with E-state index < -0.39 is 23.1 Å². The number of hydrogen-bond acceptors (Lipinski definition) is 3. The molecule has 0 aliphatic heterocycles.